The minimum atomic E-state index is -0.936. The molecule has 2 N–H and O–H groups in total. The third-order valence-corrected chi connectivity index (χ3v) is 6.49. The van der Waals surface area contributed by atoms with Gasteiger partial charge in [0, 0.05) is 12.0 Å². The number of aryl methyl sites for hydroxylation is 1. The Morgan fingerprint density at radius 1 is 1.00 bits per heavy atom. The quantitative estimate of drug-likeness (QED) is 0.364. The summed E-state index contributed by atoms with van der Waals surface area (Å²) in [6.45, 7) is 0. The molecule has 1 saturated carbocycles. The van der Waals surface area contributed by atoms with Gasteiger partial charge in [-0.3, -0.25) is 9.59 Å². The summed E-state index contributed by atoms with van der Waals surface area (Å²) in [6.07, 6.45) is 2.85. The highest BCUT2D eigenvalue weighted by atomic mass is 19.1. The van der Waals surface area contributed by atoms with Gasteiger partial charge in [0.05, 0.1) is 17.3 Å². The number of nitrogens with one attached hydrogen (secondary N) is 1. The minimum Gasteiger partial charge on any atom is -0.481 e. The van der Waals surface area contributed by atoms with Crippen LogP contribution in [0.2, 0.25) is 0 Å². The minimum absolute atomic E-state index is 0.0717. The second kappa shape index (κ2) is 9.18. The molecule has 1 aliphatic carbocycles. The van der Waals surface area contributed by atoms with E-state index in [4.69, 9.17) is 0 Å². The molecule has 0 saturated heterocycles. The van der Waals surface area contributed by atoms with Crippen LogP contribution in [0.4, 0.5) is 10.2 Å². The summed E-state index contributed by atoms with van der Waals surface area (Å²) in [5.41, 5.74) is 2.83. The first-order chi connectivity index (χ1) is 17.0. The van der Waals surface area contributed by atoms with Crippen LogP contribution in [0.25, 0.3) is 16.8 Å². The van der Waals surface area contributed by atoms with Gasteiger partial charge in [-0.25, -0.2) is 9.07 Å². The van der Waals surface area contributed by atoms with Gasteiger partial charge in [0.25, 0.3) is 0 Å². The van der Waals surface area contributed by atoms with Crippen molar-refractivity contribution < 1.29 is 19.1 Å². The van der Waals surface area contributed by atoms with Crippen LogP contribution in [-0.2, 0) is 21.4 Å². The second-order valence-electron chi connectivity index (χ2n) is 8.77. The van der Waals surface area contributed by atoms with E-state index in [1.54, 1.807) is 6.07 Å². The Balaban J connectivity index is 1.51. The van der Waals surface area contributed by atoms with Crippen LogP contribution in [0, 0.1) is 5.82 Å². The number of halogens is 1. The lowest BCUT2D eigenvalue weighted by atomic mass is 9.92. The molecular weight excluding hydrogens is 445 g/mol. The van der Waals surface area contributed by atoms with Crippen molar-refractivity contribution in [2.24, 2.45) is 0 Å². The summed E-state index contributed by atoms with van der Waals surface area (Å²) < 4.78 is 16.2. The lowest BCUT2D eigenvalue weighted by Crippen LogP contribution is -2.20. The predicted octanol–water partition coefficient (Wildman–Crippen LogP) is 5.37. The number of rotatable bonds is 8. The maximum atomic E-state index is 14.8. The number of anilines is 1. The molecule has 0 unspecified atom stereocenters. The third-order valence-electron chi connectivity index (χ3n) is 6.49. The molecule has 1 fully saturated rings. The van der Waals surface area contributed by atoms with Gasteiger partial charge in [-0.05, 0) is 42.0 Å². The van der Waals surface area contributed by atoms with Gasteiger partial charge in [0.2, 0.25) is 5.91 Å². The number of benzene rings is 3. The van der Waals surface area contributed by atoms with Crippen LogP contribution in [0.1, 0.15) is 30.4 Å². The Bertz CT molecular complexity index is 1380. The van der Waals surface area contributed by atoms with Gasteiger partial charge in [-0.2, -0.15) is 5.10 Å². The summed E-state index contributed by atoms with van der Waals surface area (Å²) in [5, 5.41) is 16.7. The molecule has 7 heteroatoms. The average molecular weight is 470 g/mol. The highest BCUT2D eigenvalue weighted by Gasteiger charge is 2.52. The molecule has 1 aromatic heterocycles. The molecule has 4 aromatic rings. The van der Waals surface area contributed by atoms with Gasteiger partial charge in [-0.15, -0.1) is 0 Å². The summed E-state index contributed by atoms with van der Waals surface area (Å²) in [4.78, 5) is 24.7. The molecule has 1 amide bonds. The molecule has 3 aromatic carbocycles. The van der Waals surface area contributed by atoms with Gasteiger partial charge in [-0.1, -0.05) is 72.8 Å². The number of aliphatic carboxylic acids is 1. The number of carboxylic acid groups (broad SMARTS) is 1. The molecule has 0 radical (unpaired) electrons. The van der Waals surface area contributed by atoms with Crippen molar-refractivity contribution in [3.05, 3.63) is 102 Å². The molecule has 0 atom stereocenters. The van der Waals surface area contributed by atoms with Crippen molar-refractivity contribution in [3.8, 4) is 16.8 Å². The van der Waals surface area contributed by atoms with E-state index in [0.29, 0.717) is 30.5 Å². The maximum Gasteiger partial charge on any atom is 0.314 e. The summed E-state index contributed by atoms with van der Waals surface area (Å²) in [5.74, 6) is -1.95. The first-order valence-corrected chi connectivity index (χ1v) is 11.5. The van der Waals surface area contributed by atoms with E-state index in [0.717, 1.165) is 22.9 Å². The fraction of sp³-hybridized carbons (Fsp3) is 0.179. The molecule has 6 nitrogen and oxygen atoms in total. The maximum absolute atomic E-state index is 14.8. The Morgan fingerprint density at radius 3 is 2.34 bits per heavy atom. The van der Waals surface area contributed by atoms with Crippen molar-refractivity contribution in [1.82, 2.24) is 9.78 Å². The number of carbonyl (C=O) groups excluding carboxylic acids is 1. The molecule has 0 bridgehead atoms. The molecule has 5 rings (SSSR count). The van der Waals surface area contributed by atoms with Crippen LogP contribution < -0.4 is 5.32 Å². The molecule has 176 valence electrons. The number of nitrogens with zero attached hydrogens (tertiary/aromatic N) is 2. The van der Waals surface area contributed by atoms with Gasteiger partial charge in [0.15, 0.2) is 11.6 Å². The van der Waals surface area contributed by atoms with Crippen molar-refractivity contribution in [2.75, 3.05) is 5.32 Å². The van der Waals surface area contributed by atoms with Gasteiger partial charge < -0.3 is 10.4 Å². The van der Waals surface area contributed by atoms with E-state index in [-0.39, 0.29) is 18.1 Å². The fourth-order valence-corrected chi connectivity index (χ4v) is 4.34. The number of hydrogen-bond acceptors (Lipinski definition) is 3. The number of amides is 1. The van der Waals surface area contributed by atoms with E-state index in [9.17, 15) is 19.1 Å². The molecule has 1 heterocycles. The van der Waals surface area contributed by atoms with E-state index in [1.807, 2.05) is 72.8 Å². The van der Waals surface area contributed by atoms with E-state index in [1.165, 1.54) is 4.68 Å². The predicted molar refractivity (Wildman–Crippen MR) is 131 cm³/mol. The Labute approximate surface area is 202 Å². The molecule has 0 spiro atoms. The number of hydrogen-bond donors (Lipinski definition) is 2. The van der Waals surface area contributed by atoms with Crippen LogP contribution in [0.3, 0.4) is 0 Å². The highest BCUT2D eigenvalue weighted by Crippen LogP contribution is 2.49. The fourth-order valence-electron chi connectivity index (χ4n) is 4.34. The SMILES string of the molecule is O=C(CCc1ccccc1)Nc1c(F)cnn1-c1cc(C2(C(=O)O)CC2)ccc1-c1ccccc1. The zero-order chi connectivity index (χ0) is 24.4. The topological polar surface area (TPSA) is 84.2 Å². The zero-order valence-corrected chi connectivity index (χ0v) is 18.9. The highest BCUT2D eigenvalue weighted by molar-refractivity contribution is 5.91. The third kappa shape index (κ3) is 4.45. The Kier molecular flexibility index (Phi) is 5.91. The second-order valence-corrected chi connectivity index (χ2v) is 8.77. The van der Waals surface area contributed by atoms with Gasteiger partial charge in [0.1, 0.15) is 0 Å². The van der Waals surface area contributed by atoms with Crippen molar-refractivity contribution in [1.29, 1.82) is 0 Å². The van der Waals surface area contributed by atoms with Crippen molar-refractivity contribution >= 4 is 17.7 Å². The number of carboxylic acids is 1. The molecule has 0 aliphatic heterocycles. The molecule has 35 heavy (non-hydrogen) atoms. The van der Waals surface area contributed by atoms with E-state index in [2.05, 4.69) is 10.4 Å². The number of carbonyl (C=O) groups is 2. The smallest absolute Gasteiger partial charge is 0.314 e. The van der Waals surface area contributed by atoms with Crippen LogP contribution in [0.15, 0.2) is 85.1 Å². The first kappa shape index (κ1) is 22.5. The van der Waals surface area contributed by atoms with Crippen LogP contribution in [-0.4, -0.2) is 26.8 Å². The molecule has 1 aliphatic rings. The normalized spacial score (nSPS) is 13.9. The Hall–Kier alpha value is -4.26. The lowest BCUT2D eigenvalue weighted by Gasteiger charge is -2.18. The lowest BCUT2D eigenvalue weighted by molar-refractivity contribution is -0.140. The van der Waals surface area contributed by atoms with Crippen molar-refractivity contribution in [2.45, 2.75) is 31.1 Å². The first-order valence-electron chi connectivity index (χ1n) is 11.5. The molecular formula is C28H24FN3O3. The van der Waals surface area contributed by atoms with Crippen LogP contribution in [0.5, 0.6) is 0 Å². The summed E-state index contributed by atoms with van der Waals surface area (Å²) in [6, 6.07) is 24.5. The monoisotopic (exact) mass is 469 g/mol. The van der Waals surface area contributed by atoms with E-state index < -0.39 is 17.2 Å². The number of aromatic nitrogens is 2. The summed E-state index contributed by atoms with van der Waals surface area (Å²) in [7, 11) is 0. The summed E-state index contributed by atoms with van der Waals surface area (Å²) >= 11 is 0. The average Bonchev–Trinajstić information content (AvgIpc) is 3.63. The van der Waals surface area contributed by atoms with Crippen molar-refractivity contribution in [3.63, 3.8) is 0 Å². The zero-order valence-electron chi connectivity index (χ0n) is 18.9. The largest absolute Gasteiger partial charge is 0.481 e. The standard InChI is InChI=1S/C28H24FN3O3/c29-23-18-30-32(26(23)31-25(33)14-11-19-7-3-1-4-8-19)24-17-21(28(15-16-28)27(34)35)12-13-22(24)20-9-5-2-6-10-20/h1-10,12-13,17-18H,11,14-16H2,(H,31,33)(H,34,35). The van der Waals surface area contributed by atoms with Gasteiger partial charge >= 0.3 is 5.97 Å². The van der Waals surface area contributed by atoms with Crippen LogP contribution >= 0.6 is 0 Å². The Morgan fingerprint density at radius 2 is 1.69 bits per heavy atom. The van der Waals surface area contributed by atoms with E-state index >= 15 is 0 Å².